The summed E-state index contributed by atoms with van der Waals surface area (Å²) in [6, 6.07) is 0. The van der Waals surface area contributed by atoms with Gasteiger partial charge in [-0.05, 0) is 27.7 Å². The van der Waals surface area contributed by atoms with E-state index in [-0.39, 0.29) is 10.9 Å². The fourth-order valence-electron chi connectivity index (χ4n) is 1.25. The van der Waals surface area contributed by atoms with Gasteiger partial charge in [-0.3, -0.25) is 9.59 Å². The second kappa shape index (κ2) is 2.09. The van der Waals surface area contributed by atoms with Crippen LogP contribution < -0.4 is 0 Å². The van der Waals surface area contributed by atoms with E-state index in [0.717, 1.165) is 11.8 Å². The van der Waals surface area contributed by atoms with Crippen molar-refractivity contribution in [2.75, 3.05) is 0 Å². The molecule has 0 aromatic rings. The first-order valence-electron chi connectivity index (χ1n) is 3.57. The molecule has 0 saturated carbocycles. The third kappa shape index (κ3) is 1.11. The zero-order valence-electron chi connectivity index (χ0n) is 7.22. The summed E-state index contributed by atoms with van der Waals surface area (Å²) >= 11 is 1.15. The van der Waals surface area contributed by atoms with Gasteiger partial charge >= 0.3 is 0 Å². The van der Waals surface area contributed by atoms with E-state index in [0.29, 0.717) is 0 Å². The van der Waals surface area contributed by atoms with Crippen LogP contribution in [0.25, 0.3) is 0 Å². The lowest BCUT2D eigenvalue weighted by Gasteiger charge is -2.16. The summed E-state index contributed by atoms with van der Waals surface area (Å²) in [5, 5.41) is -0.00694. The Hall–Kier alpha value is -0.310. The summed E-state index contributed by atoms with van der Waals surface area (Å²) in [5.41, 5.74) is -0.770. The van der Waals surface area contributed by atoms with Gasteiger partial charge in [0.25, 0.3) is 0 Å². The van der Waals surface area contributed by atoms with Gasteiger partial charge in [-0.15, -0.1) is 0 Å². The molecule has 0 N–H and O–H groups in total. The van der Waals surface area contributed by atoms with Gasteiger partial charge in [-0.25, -0.2) is 0 Å². The summed E-state index contributed by atoms with van der Waals surface area (Å²) in [7, 11) is 0. The largest absolute Gasteiger partial charge is 0.297 e. The number of carbonyl (C=O) groups is 2. The van der Waals surface area contributed by atoms with Gasteiger partial charge in [0.1, 0.15) is 0 Å². The van der Waals surface area contributed by atoms with Crippen molar-refractivity contribution in [3.05, 3.63) is 0 Å². The molecule has 0 unspecified atom stereocenters. The van der Waals surface area contributed by atoms with Crippen LogP contribution in [0.1, 0.15) is 27.7 Å². The molecule has 0 amide bonds. The van der Waals surface area contributed by atoms with Crippen LogP contribution in [-0.4, -0.2) is 15.6 Å². The van der Waals surface area contributed by atoms with Crippen molar-refractivity contribution in [1.82, 2.24) is 0 Å². The normalized spacial score (nSPS) is 27.6. The highest BCUT2D eigenvalue weighted by molar-refractivity contribution is 8.16. The number of thioether (sulfide) groups is 1. The Morgan fingerprint density at radius 2 is 1.55 bits per heavy atom. The number of hydrogen-bond acceptors (Lipinski definition) is 3. The van der Waals surface area contributed by atoms with E-state index < -0.39 is 10.2 Å². The van der Waals surface area contributed by atoms with Crippen LogP contribution in [0.4, 0.5) is 0 Å². The van der Waals surface area contributed by atoms with Gasteiger partial charge in [-0.2, -0.15) is 0 Å². The Morgan fingerprint density at radius 1 is 1.09 bits per heavy atom. The minimum absolute atomic E-state index is 0.00694. The van der Waals surface area contributed by atoms with Gasteiger partial charge < -0.3 is 0 Å². The fourth-order valence-corrected chi connectivity index (χ4v) is 2.41. The third-order valence-electron chi connectivity index (χ3n) is 1.97. The standard InChI is InChI=1S/C8H12O2S/c1-7(2)5(9)8(3,4)11-6(7)10/h1-4H3. The molecule has 1 fully saturated rings. The van der Waals surface area contributed by atoms with Crippen LogP contribution in [0.3, 0.4) is 0 Å². The van der Waals surface area contributed by atoms with Crippen LogP contribution in [0.15, 0.2) is 0 Å². The van der Waals surface area contributed by atoms with Gasteiger partial charge in [0, 0.05) is 0 Å². The molecular weight excluding hydrogens is 160 g/mol. The molecule has 2 nitrogen and oxygen atoms in total. The minimum Gasteiger partial charge on any atom is -0.297 e. The van der Waals surface area contributed by atoms with E-state index in [4.69, 9.17) is 0 Å². The summed E-state index contributed by atoms with van der Waals surface area (Å²) < 4.78 is -0.513. The van der Waals surface area contributed by atoms with Crippen molar-refractivity contribution in [1.29, 1.82) is 0 Å². The number of Topliss-reactive ketones (excluding diaryl/α,β-unsaturated/α-hetero) is 1. The molecule has 1 saturated heterocycles. The molecule has 11 heavy (non-hydrogen) atoms. The number of carbonyl (C=O) groups excluding carboxylic acids is 2. The number of rotatable bonds is 0. The van der Waals surface area contributed by atoms with Crippen molar-refractivity contribution < 1.29 is 9.59 Å². The third-order valence-corrected chi connectivity index (χ3v) is 3.36. The molecular formula is C8H12O2S. The first kappa shape index (κ1) is 8.78. The molecule has 1 aliphatic rings. The average molecular weight is 172 g/mol. The second-order valence-corrected chi connectivity index (χ2v) is 5.45. The average Bonchev–Trinajstić information content (AvgIpc) is 1.94. The zero-order valence-corrected chi connectivity index (χ0v) is 8.04. The maximum absolute atomic E-state index is 11.5. The molecule has 1 aliphatic heterocycles. The Labute approximate surface area is 70.7 Å². The van der Waals surface area contributed by atoms with E-state index >= 15 is 0 Å². The van der Waals surface area contributed by atoms with Crippen molar-refractivity contribution in [2.45, 2.75) is 32.4 Å². The highest BCUT2D eigenvalue weighted by Crippen LogP contribution is 2.45. The molecule has 0 radical (unpaired) electrons. The quantitative estimate of drug-likeness (QED) is 0.521. The van der Waals surface area contributed by atoms with Crippen LogP contribution in [0, 0.1) is 5.41 Å². The van der Waals surface area contributed by atoms with Crippen molar-refractivity contribution >= 4 is 22.7 Å². The SMILES string of the molecule is CC1(C)SC(=O)C(C)(C)C1=O. The highest BCUT2D eigenvalue weighted by atomic mass is 32.2. The number of hydrogen-bond donors (Lipinski definition) is 0. The van der Waals surface area contributed by atoms with E-state index in [1.165, 1.54) is 0 Å². The molecule has 1 heterocycles. The minimum atomic E-state index is -0.770. The molecule has 3 heteroatoms. The van der Waals surface area contributed by atoms with Crippen molar-refractivity contribution in [3.8, 4) is 0 Å². The predicted molar refractivity (Wildman–Crippen MR) is 45.5 cm³/mol. The summed E-state index contributed by atoms with van der Waals surface area (Å²) in [4.78, 5) is 22.8. The maximum Gasteiger partial charge on any atom is 0.202 e. The molecule has 0 bridgehead atoms. The van der Waals surface area contributed by atoms with Crippen molar-refractivity contribution in [3.63, 3.8) is 0 Å². The lowest BCUT2D eigenvalue weighted by molar-refractivity contribution is -0.133. The van der Waals surface area contributed by atoms with Gasteiger partial charge in [0.15, 0.2) is 5.78 Å². The topological polar surface area (TPSA) is 34.1 Å². The summed E-state index contributed by atoms with van der Waals surface area (Å²) in [6.07, 6.45) is 0. The molecule has 0 aromatic carbocycles. The van der Waals surface area contributed by atoms with Crippen LogP contribution >= 0.6 is 11.8 Å². The Balaban J connectivity index is 3.09. The predicted octanol–water partition coefficient (Wildman–Crippen LogP) is 1.63. The molecule has 0 aliphatic carbocycles. The van der Waals surface area contributed by atoms with E-state index in [1.54, 1.807) is 27.7 Å². The maximum atomic E-state index is 11.5. The Morgan fingerprint density at radius 3 is 1.64 bits per heavy atom. The number of ketones is 1. The Bertz CT molecular complexity index is 228. The lowest BCUT2D eigenvalue weighted by Crippen LogP contribution is -2.33. The van der Waals surface area contributed by atoms with E-state index in [2.05, 4.69) is 0 Å². The second-order valence-electron chi connectivity index (χ2n) is 3.85. The summed E-state index contributed by atoms with van der Waals surface area (Å²) in [6.45, 7) is 6.98. The molecule has 0 aromatic heterocycles. The Kier molecular flexibility index (Phi) is 1.67. The molecule has 0 spiro atoms. The van der Waals surface area contributed by atoms with E-state index in [9.17, 15) is 9.59 Å². The first-order valence-corrected chi connectivity index (χ1v) is 4.38. The highest BCUT2D eigenvalue weighted by Gasteiger charge is 2.53. The molecule has 62 valence electrons. The molecule has 1 rings (SSSR count). The monoisotopic (exact) mass is 172 g/mol. The first-order chi connectivity index (χ1) is 4.78. The molecule has 0 atom stereocenters. The summed E-state index contributed by atoms with van der Waals surface area (Å²) in [5.74, 6) is 0.0417. The van der Waals surface area contributed by atoms with E-state index in [1.807, 2.05) is 0 Å². The van der Waals surface area contributed by atoms with Gasteiger partial charge in [0.05, 0.1) is 10.2 Å². The van der Waals surface area contributed by atoms with Crippen LogP contribution in [0.2, 0.25) is 0 Å². The van der Waals surface area contributed by atoms with Crippen molar-refractivity contribution in [2.24, 2.45) is 5.41 Å². The van der Waals surface area contributed by atoms with Gasteiger partial charge in [-0.1, -0.05) is 11.8 Å². The van der Waals surface area contributed by atoms with Gasteiger partial charge in [0.2, 0.25) is 5.12 Å². The smallest absolute Gasteiger partial charge is 0.202 e. The van der Waals surface area contributed by atoms with Crippen LogP contribution in [-0.2, 0) is 9.59 Å². The lowest BCUT2D eigenvalue weighted by atomic mass is 9.84. The van der Waals surface area contributed by atoms with Crippen LogP contribution in [0.5, 0.6) is 0 Å². The fraction of sp³-hybridized carbons (Fsp3) is 0.750. The zero-order chi connectivity index (χ0) is 8.86.